The molecule has 7 heteroatoms. The van der Waals surface area contributed by atoms with Crippen molar-refractivity contribution in [2.24, 2.45) is 5.92 Å². The van der Waals surface area contributed by atoms with E-state index in [1.54, 1.807) is 25.3 Å². The fourth-order valence-corrected chi connectivity index (χ4v) is 1.66. The smallest absolute Gasteiger partial charge is 0.321 e. The molecule has 1 aromatic rings. The highest BCUT2D eigenvalue weighted by molar-refractivity contribution is 5.94. The van der Waals surface area contributed by atoms with Crippen LogP contribution in [0.2, 0.25) is 0 Å². The Morgan fingerprint density at radius 3 is 2.70 bits per heavy atom. The number of hydrogen-bond donors (Lipinski definition) is 3. The van der Waals surface area contributed by atoms with Crippen LogP contribution in [0, 0.1) is 5.92 Å². The zero-order chi connectivity index (χ0) is 15.0. The van der Waals surface area contributed by atoms with Gasteiger partial charge in [0, 0.05) is 25.8 Å². The third kappa shape index (κ3) is 6.58. The maximum atomic E-state index is 11.5. The van der Waals surface area contributed by atoms with E-state index in [2.05, 4.69) is 10.6 Å². The molecule has 0 aliphatic rings. The van der Waals surface area contributed by atoms with E-state index in [0.717, 1.165) is 5.76 Å². The second-order valence-corrected chi connectivity index (χ2v) is 4.54. The quantitative estimate of drug-likeness (QED) is 0.695. The maximum absolute atomic E-state index is 11.5. The average molecular weight is 282 g/mol. The summed E-state index contributed by atoms with van der Waals surface area (Å²) in [4.78, 5) is 33.3. The van der Waals surface area contributed by atoms with Crippen molar-refractivity contribution >= 4 is 17.9 Å². The minimum absolute atomic E-state index is 0.00208. The predicted molar refractivity (Wildman–Crippen MR) is 70.0 cm³/mol. The van der Waals surface area contributed by atoms with Crippen LogP contribution in [0.1, 0.15) is 25.5 Å². The van der Waals surface area contributed by atoms with Crippen LogP contribution in [0.5, 0.6) is 0 Å². The molecule has 7 nitrogen and oxygen atoms in total. The summed E-state index contributed by atoms with van der Waals surface area (Å²) in [5.74, 6) is -1.03. The Morgan fingerprint density at radius 1 is 1.35 bits per heavy atom. The molecule has 0 spiro atoms. The minimum atomic E-state index is -0.965. The summed E-state index contributed by atoms with van der Waals surface area (Å²) >= 11 is 0. The number of aliphatic carboxylic acids is 1. The second kappa shape index (κ2) is 7.98. The van der Waals surface area contributed by atoms with Gasteiger partial charge in [0.25, 0.3) is 0 Å². The monoisotopic (exact) mass is 282 g/mol. The summed E-state index contributed by atoms with van der Waals surface area (Å²) in [6, 6.07) is 2.95. The topological polar surface area (TPSA) is 109 Å². The van der Waals surface area contributed by atoms with Gasteiger partial charge in [-0.25, -0.2) is 4.79 Å². The number of urea groups is 1. The van der Waals surface area contributed by atoms with Crippen molar-refractivity contribution in [1.82, 2.24) is 10.6 Å². The largest absolute Gasteiger partial charge is 0.481 e. The van der Waals surface area contributed by atoms with Gasteiger partial charge < -0.3 is 14.8 Å². The molecule has 20 heavy (non-hydrogen) atoms. The number of amides is 3. The lowest BCUT2D eigenvalue weighted by atomic mass is 10.0. The van der Waals surface area contributed by atoms with Gasteiger partial charge in [-0.2, -0.15) is 0 Å². The summed E-state index contributed by atoms with van der Waals surface area (Å²) in [7, 11) is 0. The molecule has 1 heterocycles. The molecule has 1 unspecified atom stereocenters. The fourth-order valence-electron chi connectivity index (χ4n) is 1.66. The molecular weight excluding hydrogens is 264 g/mol. The van der Waals surface area contributed by atoms with E-state index in [1.165, 1.54) is 0 Å². The number of carbonyl (C=O) groups excluding carboxylic acids is 2. The number of imide groups is 1. The van der Waals surface area contributed by atoms with E-state index in [0.29, 0.717) is 13.0 Å². The molecule has 1 atom stereocenters. The molecule has 0 aliphatic heterocycles. The number of hydrogen-bond acceptors (Lipinski definition) is 4. The number of carboxylic acid groups (broad SMARTS) is 1. The zero-order valence-corrected chi connectivity index (χ0v) is 11.2. The summed E-state index contributed by atoms with van der Waals surface area (Å²) in [5, 5.41) is 13.2. The number of rotatable bonds is 7. The standard InChI is InChI=1S/C13H18N2O5/c1-9(8-12(17)18)7-11(16)15-13(19)14-5-4-10-3-2-6-20-10/h2-3,6,9H,4-5,7-8H2,1H3,(H,17,18)(H2,14,15,16,19). The van der Waals surface area contributed by atoms with Crippen LogP contribution >= 0.6 is 0 Å². The van der Waals surface area contributed by atoms with Crippen molar-refractivity contribution in [2.45, 2.75) is 26.2 Å². The molecule has 0 bridgehead atoms. The van der Waals surface area contributed by atoms with Crippen LogP contribution < -0.4 is 10.6 Å². The van der Waals surface area contributed by atoms with Gasteiger partial charge in [-0.05, 0) is 18.1 Å². The molecule has 1 rings (SSSR count). The van der Waals surface area contributed by atoms with Crippen molar-refractivity contribution in [2.75, 3.05) is 6.54 Å². The van der Waals surface area contributed by atoms with Crippen LogP contribution in [0.3, 0.4) is 0 Å². The summed E-state index contributed by atoms with van der Waals surface area (Å²) in [6.07, 6.45) is 1.97. The van der Waals surface area contributed by atoms with Gasteiger partial charge in [0.1, 0.15) is 5.76 Å². The molecule has 3 amide bonds. The molecule has 0 aromatic carbocycles. The van der Waals surface area contributed by atoms with Gasteiger partial charge in [0.2, 0.25) is 5.91 Å². The van der Waals surface area contributed by atoms with E-state index in [4.69, 9.17) is 9.52 Å². The number of nitrogens with one attached hydrogen (secondary N) is 2. The van der Waals surface area contributed by atoms with E-state index in [1.807, 2.05) is 0 Å². The average Bonchev–Trinajstić information content (AvgIpc) is 2.80. The first kappa shape index (κ1) is 15.7. The van der Waals surface area contributed by atoms with Crippen molar-refractivity contribution in [3.05, 3.63) is 24.2 Å². The Balaban J connectivity index is 2.17. The zero-order valence-electron chi connectivity index (χ0n) is 11.2. The third-order valence-corrected chi connectivity index (χ3v) is 2.55. The molecule has 3 N–H and O–H groups in total. The Labute approximate surface area is 116 Å². The lowest BCUT2D eigenvalue weighted by Gasteiger charge is -2.09. The highest BCUT2D eigenvalue weighted by atomic mass is 16.4. The Morgan fingerprint density at radius 2 is 2.10 bits per heavy atom. The molecule has 0 fully saturated rings. The first-order valence-corrected chi connectivity index (χ1v) is 6.29. The number of carboxylic acids is 1. The predicted octanol–water partition coefficient (Wildman–Crippen LogP) is 1.15. The molecule has 0 saturated carbocycles. The van der Waals surface area contributed by atoms with Gasteiger partial charge in [-0.3, -0.25) is 14.9 Å². The minimum Gasteiger partial charge on any atom is -0.481 e. The molecule has 0 saturated heterocycles. The van der Waals surface area contributed by atoms with Gasteiger partial charge in [0.15, 0.2) is 0 Å². The van der Waals surface area contributed by atoms with E-state index in [9.17, 15) is 14.4 Å². The first-order chi connectivity index (χ1) is 9.47. The van der Waals surface area contributed by atoms with Crippen LogP contribution in [0.15, 0.2) is 22.8 Å². The molecule has 0 aliphatic carbocycles. The third-order valence-electron chi connectivity index (χ3n) is 2.55. The Hall–Kier alpha value is -2.31. The van der Waals surface area contributed by atoms with E-state index >= 15 is 0 Å². The maximum Gasteiger partial charge on any atom is 0.321 e. The molecule has 0 radical (unpaired) electrons. The first-order valence-electron chi connectivity index (χ1n) is 6.29. The van der Waals surface area contributed by atoms with Crippen molar-refractivity contribution in [3.8, 4) is 0 Å². The lowest BCUT2D eigenvalue weighted by molar-refractivity contribution is -0.138. The summed E-state index contributed by atoms with van der Waals surface area (Å²) in [5.41, 5.74) is 0. The van der Waals surface area contributed by atoms with Crippen molar-refractivity contribution in [3.63, 3.8) is 0 Å². The fraction of sp³-hybridized carbons (Fsp3) is 0.462. The Kier molecular flexibility index (Phi) is 6.28. The molecule has 1 aromatic heterocycles. The number of carbonyl (C=O) groups is 3. The van der Waals surface area contributed by atoms with Crippen LogP contribution in [0.25, 0.3) is 0 Å². The second-order valence-electron chi connectivity index (χ2n) is 4.54. The molecule has 110 valence electrons. The van der Waals surface area contributed by atoms with Crippen molar-refractivity contribution in [1.29, 1.82) is 0 Å². The lowest BCUT2D eigenvalue weighted by Crippen LogP contribution is -2.40. The Bertz CT molecular complexity index is 455. The SMILES string of the molecule is CC(CC(=O)O)CC(=O)NC(=O)NCCc1ccco1. The highest BCUT2D eigenvalue weighted by Crippen LogP contribution is 2.06. The van der Waals surface area contributed by atoms with Gasteiger partial charge in [-0.1, -0.05) is 6.92 Å². The summed E-state index contributed by atoms with van der Waals surface area (Å²) in [6.45, 7) is 1.99. The van der Waals surface area contributed by atoms with Crippen molar-refractivity contribution < 1.29 is 23.9 Å². The van der Waals surface area contributed by atoms with Gasteiger partial charge >= 0.3 is 12.0 Å². The van der Waals surface area contributed by atoms with Gasteiger partial charge in [0.05, 0.1) is 6.26 Å². The van der Waals surface area contributed by atoms with Crippen LogP contribution in [-0.4, -0.2) is 29.6 Å². The van der Waals surface area contributed by atoms with Crippen LogP contribution in [-0.2, 0) is 16.0 Å². The van der Waals surface area contributed by atoms with E-state index < -0.39 is 17.9 Å². The van der Waals surface area contributed by atoms with Crippen LogP contribution in [0.4, 0.5) is 4.79 Å². The highest BCUT2D eigenvalue weighted by Gasteiger charge is 2.14. The number of furan rings is 1. The normalized spacial score (nSPS) is 11.7. The van der Waals surface area contributed by atoms with E-state index in [-0.39, 0.29) is 18.8 Å². The van der Waals surface area contributed by atoms with Gasteiger partial charge in [-0.15, -0.1) is 0 Å². The molecular formula is C13H18N2O5. The summed E-state index contributed by atoms with van der Waals surface area (Å²) < 4.78 is 5.09.